The number of halogens is 3. The zero-order chi connectivity index (χ0) is 15.3. The third-order valence-corrected chi connectivity index (χ3v) is 2.54. The van der Waals surface area contributed by atoms with Crippen molar-refractivity contribution in [3.05, 3.63) is 29.3 Å². The quantitative estimate of drug-likeness (QED) is 0.819. The molecular formula is C13H16F3NO3. The Bertz CT molecular complexity index is 472. The van der Waals surface area contributed by atoms with Crippen molar-refractivity contribution in [2.75, 3.05) is 27.2 Å². The summed E-state index contributed by atoms with van der Waals surface area (Å²) in [6.45, 7) is 0.822. The molecule has 0 aliphatic heterocycles. The van der Waals surface area contributed by atoms with E-state index >= 15 is 0 Å². The molecule has 0 saturated carbocycles. The van der Waals surface area contributed by atoms with Crippen LogP contribution in [-0.4, -0.2) is 43.2 Å². The van der Waals surface area contributed by atoms with Crippen LogP contribution in [0.5, 0.6) is 5.75 Å². The van der Waals surface area contributed by atoms with Gasteiger partial charge in [-0.15, -0.1) is 0 Å². The van der Waals surface area contributed by atoms with E-state index in [2.05, 4.69) is 0 Å². The van der Waals surface area contributed by atoms with Crippen LogP contribution in [0.15, 0.2) is 18.2 Å². The van der Waals surface area contributed by atoms with Gasteiger partial charge in [-0.2, -0.15) is 13.2 Å². The molecule has 0 radical (unpaired) electrons. The number of hydrogen-bond acceptors (Lipinski definition) is 3. The highest BCUT2D eigenvalue weighted by Gasteiger charge is 2.35. The number of carbonyl (C=O) groups is 1. The van der Waals surface area contributed by atoms with Crippen LogP contribution in [0, 0.1) is 0 Å². The highest BCUT2D eigenvalue weighted by atomic mass is 19.4. The van der Waals surface area contributed by atoms with Crippen molar-refractivity contribution in [3.63, 3.8) is 0 Å². The highest BCUT2D eigenvalue weighted by Crippen LogP contribution is 2.36. The first-order chi connectivity index (χ1) is 9.21. The van der Waals surface area contributed by atoms with Crippen LogP contribution >= 0.6 is 0 Å². The molecule has 0 amide bonds. The minimum atomic E-state index is -4.65. The zero-order valence-electron chi connectivity index (χ0n) is 11.2. The molecule has 0 aliphatic rings. The zero-order valence-corrected chi connectivity index (χ0v) is 11.2. The molecule has 0 aliphatic carbocycles. The van der Waals surface area contributed by atoms with E-state index in [9.17, 15) is 18.0 Å². The van der Waals surface area contributed by atoms with E-state index in [1.807, 2.05) is 19.0 Å². The van der Waals surface area contributed by atoms with Gasteiger partial charge in [-0.05, 0) is 38.7 Å². The van der Waals surface area contributed by atoms with Gasteiger partial charge in [0.2, 0.25) is 0 Å². The molecule has 0 atom stereocenters. The topological polar surface area (TPSA) is 49.8 Å². The Kier molecular flexibility index (Phi) is 5.38. The van der Waals surface area contributed by atoms with E-state index < -0.39 is 23.3 Å². The van der Waals surface area contributed by atoms with Crippen molar-refractivity contribution in [1.29, 1.82) is 0 Å². The molecule has 0 saturated heterocycles. The lowest BCUT2D eigenvalue weighted by atomic mass is 10.1. The lowest BCUT2D eigenvalue weighted by Crippen LogP contribution is -2.16. The molecular weight excluding hydrogens is 275 g/mol. The average Bonchev–Trinajstić information content (AvgIpc) is 2.33. The van der Waals surface area contributed by atoms with Crippen molar-refractivity contribution in [1.82, 2.24) is 4.90 Å². The Morgan fingerprint density at radius 2 is 2.00 bits per heavy atom. The summed E-state index contributed by atoms with van der Waals surface area (Å²) >= 11 is 0. The number of aromatic carboxylic acids is 1. The second-order valence-electron chi connectivity index (χ2n) is 4.52. The summed E-state index contributed by atoms with van der Waals surface area (Å²) in [7, 11) is 3.70. The van der Waals surface area contributed by atoms with E-state index in [4.69, 9.17) is 9.84 Å². The third kappa shape index (κ3) is 4.73. The van der Waals surface area contributed by atoms with Crippen molar-refractivity contribution in [3.8, 4) is 5.75 Å². The minimum Gasteiger partial charge on any atom is -0.493 e. The van der Waals surface area contributed by atoms with Crippen LogP contribution in [0.3, 0.4) is 0 Å². The van der Waals surface area contributed by atoms with Gasteiger partial charge in [0.15, 0.2) is 0 Å². The van der Waals surface area contributed by atoms with Gasteiger partial charge in [0.05, 0.1) is 17.7 Å². The molecule has 1 aromatic carbocycles. The molecule has 0 spiro atoms. The summed E-state index contributed by atoms with van der Waals surface area (Å²) < 4.78 is 43.7. The number of alkyl halides is 3. The SMILES string of the molecule is CN(C)CCCOc1ccc(C(=O)O)cc1C(F)(F)F. The first kappa shape index (κ1) is 16.3. The van der Waals surface area contributed by atoms with Crippen LogP contribution in [-0.2, 0) is 6.18 Å². The number of ether oxygens (including phenoxy) is 1. The predicted octanol–water partition coefficient (Wildman–Crippen LogP) is 2.73. The summed E-state index contributed by atoms with van der Waals surface area (Å²) in [6.07, 6.45) is -4.08. The van der Waals surface area contributed by atoms with Crippen molar-refractivity contribution in [2.45, 2.75) is 12.6 Å². The van der Waals surface area contributed by atoms with Crippen LogP contribution in [0.1, 0.15) is 22.3 Å². The maximum atomic E-state index is 12.8. The summed E-state index contributed by atoms with van der Waals surface area (Å²) in [6, 6.07) is 2.73. The molecule has 7 heteroatoms. The standard InChI is InChI=1S/C13H16F3NO3/c1-17(2)6-3-7-20-11-5-4-9(12(18)19)8-10(11)13(14,15)16/h4-5,8H,3,6-7H2,1-2H3,(H,18,19). The van der Waals surface area contributed by atoms with Gasteiger partial charge in [-0.1, -0.05) is 0 Å². The molecule has 0 heterocycles. The summed E-state index contributed by atoms with van der Waals surface area (Å²) in [5.74, 6) is -1.75. The molecule has 1 aromatic rings. The highest BCUT2D eigenvalue weighted by molar-refractivity contribution is 5.88. The molecule has 4 nitrogen and oxygen atoms in total. The van der Waals surface area contributed by atoms with Gasteiger partial charge >= 0.3 is 12.1 Å². The maximum absolute atomic E-state index is 12.8. The normalized spacial score (nSPS) is 11.7. The smallest absolute Gasteiger partial charge is 0.419 e. The lowest BCUT2D eigenvalue weighted by molar-refractivity contribution is -0.139. The van der Waals surface area contributed by atoms with E-state index in [0.717, 1.165) is 12.1 Å². The van der Waals surface area contributed by atoms with Crippen molar-refractivity contribution in [2.24, 2.45) is 0 Å². The van der Waals surface area contributed by atoms with E-state index in [0.29, 0.717) is 19.0 Å². The summed E-state index contributed by atoms with van der Waals surface area (Å²) in [5, 5.41) is 8.73. The monoisotopic (exact) mass is 291 g/mol. The molecule has 20 heavy (non-hydrogen) atoms. The second-order valence-corrected chi connectivity index (χ2v) is 4.52. The number of carboxylic acid groups (broad SMARTS) is 1. The summed E-state index contributed by atoms with van der Waals surface area (Å²) in [5.41, 5.74) is -1.49. The Morgan fingerprint density at radius 3 is 2.50 bits per heavy atom. The van der Waals surface area contributed by atoms with Crippen molar-refractivity contribution < 1.29 is 27.8 Å². The van der Waals surface area contributed by atoms with Crippen LogP contribution < -0.4 is 4.74 Å². The maximum Gasteiger partial charge on any atom is 0.419 e. The fourth-order valence-corrected chi connectivity index (χ4v) is 1.57. The van der Waals surface area contributed by atoms with Crippen LogP contribution in [0.2, 0.25) is 0 Å². The van der Waals surface area contributed by atoms with Gasteiger partial charge in [0.25, 0.3) is 0 Å². The minimum absolute atomic E-state index is 0.133. The Labute approximate surface area is 114 Å². The number of rotatable bonds is 6. The number of carboxylic acids is 1. The Morgan fingerprint density at radius 1 is 1.35 bits per heavy atom. The number of nitrogens with zero attached hydrogens (tertiary/aromatic N) is 1. The van der Waals surface area contributed by atoms with Gasteiger partial charge in [0.1, 0.15) is 5.75 Å². The van der Waals surface area contributed by atoms with E-state index in [-0.39, 0.29) is 12.4 Å². The molecule has 0 aromatic heterocycles. The van der Waals surface area contributed by atoms with E-state index in [1.54, 1.807) is 0 Å². The molecule has 0 unspecified atom stereocenters. The fraction of sp³-hybridized carbons (Fsp3) is 0.462. The third-order valence-electron chi connectivity index (χ3n) is 2.54. The number of benzene rings is 1. The van der Waals surface area contributed by atoms with Gasteiger partial charge in [-0.3, -0.25) is 0 Å². The van der Waals surface area contributed by atoms with Gasteiger partial charge < -0.3 is 14.7 Å². The lowest BCUT2D eigenvalue weighted by Gasteiger charge is -2.15. The Balaban J connectivity index is 2.87. The molecule has 0 fully saturated rings. The molecule has 1 rings (SSSR count). The largest absolute Gasteiger partial charge is 0.493 e. The second kappa shape index (κ2) is 6.60. The summed E-state index contributed by atoms with van der Waals surface area (Å²) in [4.78, 5) is 12.6. The molecule has 112 valence electrons. The first-order valence-corrected chi connectivity index (χ1v) is 5.94. The van der Waals surface area contributed by atoms with Crippen LogP contribution in [0.4, 0.5) is 13.2 Å². The number of hydrogen-bond donors (Lipinski definition) is 1. The first-order valence-electron chi connectivity index (χ1n) is 5.94. The van der Waals surface area contributed by atoms with Crippen molar-refractivity contribution >= 4 is 5.97 Å². The average molecular weight is 291 g/mol. The van der Waals surface area contributed by atoms with E-state index in [1.165, 1.54) is 0 Å². The Hall–Kier alpha value is -1.76. The fourth-order valence-electron chi connectivity index (χ4n) is 1.57. The van der Waals surface area contributed by atoms with Gasteiger partial charge in [0, 0.05) is 6.54 Å². The van der Waals surface area contributed by atoms with Gasteiger partial charge in [-0.25, -0.2) is 4.79 Å². The van der Waals surface area contributed by atoms with Crippen LogP contribution in [0.25, 0.3) is 0 Å². The predicted molar refractivity (Wildman–Crippen MR) is 67.1 cm³/mol. The molecule has 0 bridgehead atoms. The molecule has 1 N–H and O–H groups in total.